The van der Waals surface area contributed by atoms with Crippen LogP contribution in [-0.4, -0.2) is 43.7 Å². The molecule has 5 N–H and O–H groups in total. The standard InChI is InChI=1S/C10H13N3O4/c11-7-1-2-13(10(17)12-7)6-3-5(4-14)8(15)9(6)16/h1-3,6,8-9,14-16H,4H2,(H2,11,12,17)/t6-,8+,9?/m1/s1. The molecule has 1 aromatic heterocycles. The van der Waals surface area contributed by atoms with Gasteiger partial charge in [0.2, 0.25) is 0 Å². The summed E-state index contributed by atoms with van der Waals surface area (Å²) >= 11 is 0. The van der Waals surface area contributed by atoms with Crippen molar-refractivity contribution in [2.75, 3.05) is 12.3 Å². The summed E-state index contributed by atoms with van der Waals surface area (Å²) < 4.78 is 1.16. The smallest absolute Gasteiger partial charge is 0.350 e. The van der Waals surface area contributed by atoms with Crippen LogP contribution in [0.3, 0.4) is 0 Å². The number of aliphatic hydroxyl groups is 3. The molecule has 92 valence electrons. The van der Waals surface area contributed by atoms with Crippen LogP contribution >= 0.6 is 0 Å². The summed E-state index contributed by atoms with van der Waals surface area (Å²) in [6, 6.07) is 0.679. The van der Waals surface area contributed by atoms with E-state index in [0.717, 1.165) is 4.57 Å². The van der Waals surface area contributed by atoms with E-state index >= 15 is 0 Å². The fraction of sp³-hybridized carbons (Fsp3) is 0.400. The zero-order valence-electron chi connectivity index (χ0n) is 8.89. The van der Waals surface area contributed by atoms with Gasteiger partial charge in [0.15, 0.2) is 0 Å². The van der Waals surface area contributed by atoms with Crippen molar-refractivity contribution in [1.29, 1.82) is 0 Å². The van der Waals surface area contributed by atoms with Crippen molar-refractivity contribution in [3.8, 4) is 0 Å². The van der Waals surface area contributed by atoms with Gasteiger partial charge in [-0.05, 0) is 11.6 Å². The molecule has 1 aliphatic carbocycles. The highest BCUT2D eigenvalue weighted by atomic mass is 16.3. The second-order valence-corrected chi connectivity index (χ2v) is 3.87. The van der Waals surface area contributed by atoms with Crippen LogP contribution < -0.4 is 11.4 Å². The number of aliphatic hydroxyl groups excluding tert-OH is 3. The molecule has 1 unspecified atom stereocenters. The quantitative estimate of drug-likeness (QED) is 0.444. The first-order valence-electron chi connectivity index (χ1n) is 5.07. The number of nitrogen functional groups attached to an aromatic ring is 1. The molecule has 0 bridgehead atoms. The van der Waals surface area contributed by atoms with E-state index in [1.54, 1.807) is 0 Å². The Hall–Kier alpha value is -1.70. The zero-order valence-corrected chi connectivity index (χ0v) is 8.89. The summed E-state index contributed by atoms with van der Waals surface area (Å²) in [5, 5.41) is 28.3. The first kappa shape index (κ1) is 11.8. The topological polar surface area (TPSA) is 122 Å². The summed E-state index contributed by atoms with van der Waals surface area (Å²) in [5.74, 6) is 0.0886. The largest absolute Gasteiger partial charge is 0.392 e. The summed E-state index contributed by atoms with van der Waals surface area (Å²) in [5.41, 5.74) is 5.02. The van der Waals surface area contributed by atoms with Gasteiger partial charge in [-0.1, -0.05) is 6.08 Å². The Labute approximate surface area is 96.5 Å². The molecular weight excluding hydrogens is 226 g/mol. The number of hydrogen-bond acceptors (Lipinski definition) is 6. The van der Waals surface area contributed by atoms with Crippen molar-refractivity contribution in [3.05, 3.63) is 34.4 Å². The maximum absolute atomic E-state index is 11.6. The van der Waals surface area contributed by atoms with Gasteiger partial charge in [0, 0.05) is 6.20 Å². The van der Waals surface area contributed by atoms with E-state index in [2.05, 4.69) is 4.98 Å². The predicted octanol–water partition coefficient (Wildman–Crippen LogP) is -1.98. The van der Waals surface area contributed by atoms with Gasteiger partial charge >= 0.3 is 5.69 Å². The van der Waals surface area contributed by atoms with Crippen molar-refractivity contribution < 1.29 is 15.3 Å². The zero-order chi connectivity index (χ0) is 12.6. The number of anilines is 1. The molecule has 17 heavy (non-hydrogen) atoms. The van der Waals surface area contributed by atoms with Gasteiger partial charge in [0.25, 0.3) is 0 Å². The second-order valence-electron chi connectivity index (χ2n) is 3.87. The average molecular weight is 239 g/mol. The first-order chi connectivity index (χ1) is 8.04. The molecule has 3 atom stereocenters. The lowest BCUT2D eigenvalue weighted by molar-refractivity contribution is 0.0272. The Bertz CT molecular complexity index is 511. The van der Waals surface area contributed by atoms with Gasteiger partial charge in [0.1, 0.15) is 18.0 Å². The molecule has 1 aliphatic rings. The van der Waals surface area contributed by atoms with Gasteiger partial charge in [-0.25, -0.2) is 4.79 Å². The molecule has 7 heteroatoms. The van der Waals surface area contributed by atoms with Crippen LogP contribution in [0.4, 0.5) is 5.82 Å². The van der Waals surface area contributed by atoms with Crippen molar-refractivity contribution in [2.45, 2.75) is 18.2 Å². The molecule has 2 rings (SSSR count). The lowest BCUT2D eigenvalue weighted by Gasteiger charge is -2.18. The number of nitrogens with two attached hydrogens (primary N) is 1. The Morgan fingerprint density at radius 1 is 1.47 bits per heavy atom. The number of rotatable bonds is 2. The van der Waals surface area contributed by atoms with Gasteiger partial charge in [-0.15, -0.1) is 0 Å². The van der Waals surface area contributed by atoms with Crippen LogP contribution in [0.5, 0.6) is 0 Å². The molecule has 1 aromatic rings. The van der Waals surface area contributed by atoms with Crippen LogP contribution in [-0.2, 0) is 0 Å². The minimum absolute atomic E-state index is 0.0886. The fourth-order valence-corrected chi connectivity index (χ4v) is 1.87. The molecule has 0 radical (unpaired) electrons. The van der Waals surface area contributed by atoms with Crippen LogP contribution in [0.2, 0.25) is 0 Å². The Morgan fingerprint density at radius 3 is 2.71 bits per heavy atom. The van der Waals surface area contributed by atoms with Gasteiger partial charge in [-0.2, -0.15) is 4.98 Å². The third kappa shape index (κ3) is 1.95. The highest BCUT2D eigenvalue weighted by molar-refractivity contribution is 5.27. The van der Waals surface area contributed by atoms with Crippen molar-refractivity contribution in [1.82, 2.24) is 9.55 Å². The third-order valence-corrected chi connectivity index (χ3v) is 2.79. The maximum Gasteiger partial charge on any atom is 0.350 e. The molecule has 0 aliphatic heterocycles. The van der Waals surface area contributed by atoms with E-state index in [0.29, 0.717) is 0 Å². The Kier molecular flexibility index (Phi) is 2.97. The van der Waals surface area contributed by atoms with E-state index in [4.69, 9.17) is 10.8 Å². The molecule has 7 nitrogen and oxygen atoms in total. The normalized spacial score (nSPS) is 28.2. The fourth-order valence-electron chi connectivity index (χ4n) is 1.87. The predicted molar refractivity (Wildman–Crippen MR) is 59.1 cm³/mol. The number of hydrogen-bond donors (Lipinski definition) is 4. The van der Waals surface area contributed by atoms with Crippen LogP contribution in [0.1, 0.15) is 6.04 Å². The summed E-state index contributed by atoms with van der Waals surface area (Å²) in [4.78, 5) is 15.1. The van der Waals surface area contributed by atoms with E-state index < -0.39 is 23.9 Å². The Morgan fingerprint density at radius 2 is 2.18 bits per heavy atom. The van der Waals surface area contributed by atoms with Crippen molar-refractivity contribution >= 4 is 5.82 Å². The first-order valence-corrected chi connectivity index (χ1v) is 5.07. The molecule has 0 saturated carbocycles. The highest BCUT2D eigenvalue weighted by Gasteiger charge is 2.35. The molecule has 0 fully saturated rings. The molecule has 0 amide bonds. The monoisotopic (exact) mass is 239 g/mol. The van der Waals surface area contributed by atoms with E-state index in [9.17, 15) is 15.0 Å². The average Bonchev–Trinajstić information content (AvgIpc) is 2.57. The number of nitrogens with zero attached hydrogens (tertiary/aromatic N) is 2. The van der Waals surface area contributed by atoms with E-state index in [-0.39, 0.29) is 18.0 Å². The molecule has 1 heterocycles. The van der Waals surface area contributed by atoms with Gasteiger partial charge in [0.05, 0.1) is 12.6 Å². The second kappa shape index (κ2) is 4.28. The minimum Gasteiger partial charge on any atom is -0.392 e. The maximum atomic E-state index is 11.6. The number of aromatic nitrogens is 2. The van der Waals surface area contributed by atoms with Crippen molar-refractivity contribution in [3.63, 3.8) is 0 Å². The molecule has 0 aromatic carbocycles. The SMILES string of the molecule is Nc1ccn([C@@H]2C=C(CO)[C@H](O)C2O)c(=O)n1. The van der Waals surface area contributed by atoms with Crippen LogP contribution in [0.15, 0.2) is 28.7 Å². The van der Waals surface area contributed by atoms with Gasteiger partial charge in [-0.3, -0.25) is 4.57 Å². The lowest BCUT2D eigenvalue weighted by Crippen LogP contribution is -2.35. The summed E-state index contributed by atoms with van der Waals surface area (Å²) in [6.07, 6.45) is 0.492. The molecule has 0 saturated heterocycles. The van der Waals surface area contributed by atoms with Crippen LogP contribution in [0.25, 0.3) is 0 Å². The Balaban J connectivity index is 2.41. The minimum atomic E-state index is -1.18. The van der Waals surface area contributed by atoms with Gasteiger partial charge < -0.3 is 21.1 Å². The van der Waals surface area contributed by atoms with Crippen LogP contribution in [0, 0.1) is 0 Å². The lowest BCUT2D eigenvalue weighted by atomic mass is 10.1. The summed E-state index contributed by atoms with van der Waals surface area (Å²) in [7, 11) is 0. The summed E-state index contributed by atoms with van der Waals surface area (Å²) in [6.45, 7) is -0.369. The van der Waals surface area contributed by atoms with E-state index in [1.807, 2.05) is 0 Å². The molecule has 0 spiro atoms. The van der Waals surface area contributed by atoms with E-state index in [1.165, 1.54) is 18.3 Å². The molecular formula is C10H13N3O4. The van der Waals surface area contributed by atoms with Crippen molar-refractivity contribution in [2.24, 2.45) is 0 Å². The highest BCUT2D eigenvalue weighted by Crippen LogP contribution is 2.27. The third-order valence-electron chi connectivity index (χ3n) is 2.79.